The average Bonchev–Trinajstić information content (AvgIpc) is 2.87. The van der Waals surface area contributed by atoms with Crippen LogP contribution in [0.4, 0.5) is 0 Å². The molecule has 24 heavy (non-hydrogen) atoms. The molecule has 1 fully saturated rings. The molecule has 1 aromatic carbocycles. The first-order valence-electron chi connectivity index (χ1n) is 8.55. The first-order valence-corrected chi connectivity index (χ1v) is 8.55. The minimum atomic E-state index is -0.0554. The van der Waals surface area contributed by atoms with E-state index in [1.807, 2.05) is 6.07 Å². The van der Waals surface area contributed by atoms with Crippen molar-refractivity contribution in [1.82, 2.24) is 20.6 Å². The van der Waals surface area contributed by atoms with Gasteiger partial charge in [0.1, 0.15) is 0 Å². The van der Waals surface area contributed by atoms with E-state index in [0.717, 1.165) is 17.6 Å². The maximum absolute atomic E-state index is 12.2. The topological polar surface area (TPSA) is 66.9 Å². The zero-order valence-electron chi connectivity index (χ0n) is 13.8. The molecule has 0 bridgehead atoms. The summed E-state index contributed by atoms with van der Waals surface area (Å²) in [4.78, 5) is 20.7. The third-order valence-electron chi connectivity index (χ3n) is 4.43. The number of carbonyl (C=O) groups excluding carboxylic acids is 1. The van der Waals surface area contributed by atoms with Crippen molar-refractivity contribution in [3.8, 4) is 0 Å². The number of hydrogen-bond donors (Lipinski definition) is 2. The summed E-state index contributed by atoms with van der Waals surface area (Å²) < 4.78 is 0. The summed E-state index contributed by atoms with van der Waals surface area (Å²) in [5.41, 5.74) is 2.18. The minimum Gasteiger partial charge on any atom is -0.351 e. The molecule has 0 radical (unpaired) electrons. The summed E-state index contributed by atoms with van der Waals surface area (Å²) in [7, 11) is 0. The molecule has 5 nitrogen and oxygen atoms in total. The lowest BCUT2D eigenvalue weighted by atomic mass is 10.1. The highest BCUT2D eigenvalue weighted by atomic mass is 35.5. The van der Waals surface area contributed by atoms with E-state index >= 15 is 0 Å². The van der Waals surface area contributed by atoms with Crippen molar-refractivity contribution in [2.45, 2.75) is 44.6 Å². The van der Waals surface area contributed by atoms with Gasteiger partial charge < -0.3 is 10.6 Å². The minimum absolute atomic E-state index is 0. The number of carbonyl (C=O) groups is 1. The van der Waals surface area contributed by atoms with Crippen LogP contribution in [0, 0.1) is 0 Å². The lowest BCUT2D eigenvalue weighted by Crippen LogP contribution is -2.36. The Bertz CT molecular complexity index is 656. The summed E-state index contributed by atoms with van der Waals surface area (Å²) >= 11 is 0. The van der Waals surface area contributed by atoms with Gasteiger partial charge in [-0.3, -0.25) is 14.8 Å². The molecule has 1 aliphatic rings. The van der Waals surface area contributed by atoms with E-state index < -0.39 is 0 Å². The molecule has 3 rings (SSSR count). The van der Waals surface area contributed by atoms with Crippen LogP contribution in [-0.4, -0.2) is 35.0 Å². The maximum atomic E-state index is 12.2. The molecule has 0 unspecified atom stereocenters. The molecule has 1 heterocycles. The Hall–Kier alpha value is -1.72. The zero-order valence-corrected chi connectivity index (χ0v) is 14.6. The number of halogens is 1. The fourth-order valence-corrected chi connectivity index (χ4v) is 3.14. The number of fused-ring (bicyclic) bond motifs is 1. The molecule has 0 saturated heterocycles. The molecule has 1 saturated carbocycles. The van der Waals surface area contributed by atoms with Crippen LogP contribution in [0.15, 0.2) is 30.6 Å². The van der Waals surface area contributed by atoms with Crippen LogP contribution in [0.2, 0.25) is 0 Å². The monoisotopic (exact) mass is 348 g/mol. The van der Waals surface area contributed by atoms with Gasteiger partial charge in [0.25, 0.3) is 5.91 Å². The lowest BCUT2D eigenvalue weighted by Gasteiger charge is -2.16. The van der Waals surface area contributed by atoms with Gasteiger partial charge in [-0.05, 0) is 31.0 Å². The van der Waals surface area contributed by atoms with Gasteiger partial charge in [-0.2, -0.15) is 0 Å². The van der Waals surface area contributed by atoms with E-state index in [1.165, 1.54) is 38.5 Å². The average molecular weight is 349 g/mol. The quantitative estimate of drug-likeness (QED) is 0.643. The number of hydrogen-bond acceptors (Lipinski definition) is 4. The van der Waals surface area contributed by atoms with Crippen molar-refractivity contribution in [3.05, 3.63) is 36.2 Å². The number of aromatic nitrogens is 2. The van der Waals surface area contributed by atoms with Crippen LogP contribution in [-0.2, 0) is 0 Å². The van der Waals surface area contributed by atoms with Gasteiger partial charge in [-0.15, -0.1) is 12.4 Å². The van der Waals surface area contributed by atoms with Gasteiger partial charge in [0.05, 0.1) is 11.0 Å². The molecule has 6 heteroatoms. The van der Waals surface area contributed by atoms with Crippen LogP contribution in [0.1, 0.15) is 48.9 Å². The van der Waals surface area contributed by atoms with E-state index in [-0.39, 0.29) is 18.3 Å². The molecule has 130 valence electrons. The molecular formula is C18H25ClN4O. The summed E-state index contributed by atoms with van der Waals surface area (Å²) in [6, 6.07) is 6.04. The van der Waals surface area contributed by atoms with E-state index in [9.17, 15) is 4.79 Å². The van der Waals surface area contributed by atoms with Gasteiger partial charge in [0.15, 0.2) is 0 Å². The van der Waals surface area contributed by atoms with Crippen LogP contribution in [0.25, 0.3) is 11.0 Å². The summed E-state index contributed by atoms with van der Waals surface area (Å²) in [6.07, 6.45) is 11.2. The molecule has 2 N–H and O–H groups in total. The Balaban J connectivity index is 0.00000208. The van der Waals surface area contributed by atoms with E-state index in [4.69, 9.17) is 0 Å². The first-order chi connectivity index (χ1) is 11.3. The van der Waals surface area contributed by atoms with Gasteiger partial charge >= 0.3 is 0 Å². The fourth-order valence-electron chi connectivity index (χ4n) is 3.14. The Labute approximate surface area is 149 Å². The molecule has 0 aliphatic heterocycles. The number of nitrogens with zero attached hydrogens (tertiary/aromatic N) is 2. The van der Waals surface area contributed by atoms with E-state index in [2.05, 4.69) is 20.6 Å². The molecule has 1 aromatic heterocycles. The van der Waals surface area contributed by atoms with Crippen molar-refractivity contribution in [2.75, 3.05) is 13.1 Å². The molecule has 0 atom stereocenters. The Morgan fingerprint density at radius 1 is 1.00 bits per heavy atom. The zero-order chi connectivity index (χ0) is 15.9. The number of rotatable bonds is 5. The predicted octanol–water partition coefficient (Wildman–Crippen LogP) is 3.09. The Morgan fingerprint density at radius 2 is 1.71 bits per heavy atom. The highest BCUT2D eigenvalue weighted by Gasteiger charge is 2.11. The van der Waals surface area contributed by atoms with Crippen molar-refractivity contribution < 1.29 is 4.79 Å². The second kappa shape index (κ2) is 9.55. The predicted molar refractivity (Wildman–Crippen MR) is 98.6 cm³/mol. The molecule has 0 spiro atoms. The highest BCUT2D eigenvalue weighted by Crippen LogP contribution is 2.16. The largest absolute Gasteiger partial charge is 0.351 e. The molecular weight excluding hydrogens is 324 g/mol. The standard InChI is InChI=1S/C18H24N4O.ClH/c23-18(14-7-8-16-17(13-14)21-11-10-20-16)22-12-9-19-15-5-3-1-2-4-6-15;/h7-8,10-11,13,15,19H,1-6,9,12H2,(H,22,23);1H. The molecule has 1 amide bonds. The van der Waals surface area contributed by atoms with Crippen LogP contribution < -0.4 is 10.6 Å². The van der Waals surface area contributed by atoms with Crippen molar-refractivity contribution >= 4 is 29.3 Å². The second-order valence-electron chi connectivity index (χ2n) is 6.16. The Morgan fingerprint density at radius 3 is 2.46 bits per heavy atom. The normalized spacial score (nSPS) is 15.5. The molecule has 1 aliphatic carbocycles. The van der Waals surface area contributed by atoms with Gasteiger partial charge in [0, 0.05) is 37.1 Å². The summed E-state index contributed by atoms with van der Waals surface area (Å²) in [5.74, 6) is -0.0554. The van der Waals surface area contributed by atoms with Gasteiger partial charge in [-0.1, -0.05) is 25.7 Å². The summed E-state index contributed by atoms with van der Waals surface area (Å²) in [6.45, 7) is 1.47. The number of amides is 1. The first kappa shape index (κ1) is 18.6. The SMILES string of the molecule is Cl.O=C(NCCNC1CCCCCC1)c1ccc2nccnc2c1. The van der Waals surface area contributed by atoms with E-state index in [1.54, 1.807) is 24.5 Å². The van der Waals surface area contributed by atoms with Crippen molar-refractivity contribution in [2.24, 2.45) is 0 Å². The van der Waals surface area contributed by atoms with Crippen LogP contribution in [0.3, 0.4) is 0 Å². The van der Waals surface area contributed by atoms with Crippen LogP contribution >= 0.6 is 12.4 Å². The third-order valence-corrected chi connectivity index (χ3v) is 4.43. The van der Waals surface area contributed by atoms with Crippen LogP contribution in [0.5, 0.6) is 0 Å². The Kier molecular flexibility index (Phi) is 7.40. The number of benzene rings is 1. The van der Waals surface area contributed by atoms with Crippen molar-refractivity contribution in [1.29, 1.82) is 0 Å². The fraction of sp³-hybridized carbons (Fsp3) is 0.500. The van der Waals surface area contributed by atoms with Gasteiger partial charge in [0.2, 0.25) is 0 Å². The molecule has 2 aromatic rings. The van der Waals surface area contributed by atoms with E-state index in [0.29, 0.717) is 18.2 Å². The second-order valence-corrected chi connectivity index (χ2v) is 6.16. The van der Waals surface area contributed by atoms with Gasteiger partial charge in [-0.25, -0.2) is 0 Å². The smallest absolute Gasteiger partial charge is 0.251 e. The van der Waals surface area contributed by atoms with Crippen molar-refractivity contribution in [3.63, 3.8) is 0 Å². The maximum Gasteiger partial charge on any atom is 0.251 e. The number of nitrogens with one attached hydrogen (secondary N) is 2. The highest BCUT2D eigenvalue weighted by molar-refractivity contribution is 5.97. The lowest BCUT2D eigenvalue weighted by molar-refractivity contribution is 0.0953. The summed E-state index contributed by atoms with van der Waals surface area (Å²) in [5, 5.41) is 6.53. The third kappa shape index (κ3) is 5.14.